The first-order chi connectivity index (χ1) is 8.59. The number of carbonyl (C=O) groups is 1. The summed E-state index contributed by atoms with van der Waals surface area (Å²) in [5.41, 5.74) is 7.87. The van der Waals surface area contributed by atoms with Crippen molar-refractivity contribution in [2.24, 2.45) is 0 Å². The average molecular weight is 249 g/mol. The summed E-state index contributed by atoms with van der Waals surface area (Å²) in [5.74, 6) is -0.145. The molecule has 0 aromatic carbocycles. The standard InChI is InChI=1S/C11H15N5O2/c1-6(2)9-8(12)10(15-14-9)11(17)13-5-7-3-4-18-16-7/h3-4,6H,5,12H2,1-2H3,(H,13,17)(H,14,15). The fourth-order valence-corrected chi connectivity index (χ4v) is 1.56. The first-order valence-electron chi connectivity index (χ1n) is 5.60. The molecule has 0 spiro atoms. The third-order valence-corrected chi connectivity index (χ3v) is 2.55. The van der Waals surface area contributed by atoms with Crippen LogP contribution in [-0.2, 0) is 6.54 Å². The Hall–Kier alpha value is -2.31. The molecule has 0 bridgehead atoms. The van der Waals surface area contributed by atoms with Gasteiger partial charge in [-0.15, -0.1) is 0 Å². The van der Waals surface area contributed by atoms with Gasteiger partial charge in [0.1, 0.15) is 12.0 Å². The van der Waals surface area contributed by atoms with Crippen molar-refractivity contribution in [1.82, 2.24) is 20.7 Å². The molecule has 2 rings (SSSR count). The van der Waals surface area contributed by atoms with E-state index in [1.54, 1.807) is 6.07 Å². The average Bonchev–Trinajstić information content (AvgIpc) is 2.94. The number of nitrogens with zero attached hydrogens (tertiary/aromatic N) is 2. The molecule has 2 aromatic heterocycles. The van der Waals surface area contributed by atoms with E-state index in [0.717, 1.165) is 5.69 Å². The second-order valence-electron chi connectivity index (χ2n) is 4.23. The number of hydrogen-bond donors (Lipinski definition) is 3. The maximum atomic E-state index is 11.9. The van der Waals surface area contributed by atoms with Crippen molar-refractivity contribution in [1.29, 1.82) is 0 Å². The van der Waals surface area contributed by atoms with Crippen molar-refractivity contribution in [3.05, 3.63) is 29.4 Å². The summed E-state index contributed by atoms with van der Waals surface area (Å²) < 4.78 is 4.66. The van der Waals surface area contributed by atoms with Crippen molar-refractivity contribution < 1.29 is 9.32 Å². The lowest BCUT2D eigenvalue weighted by molar-refractivity contribution is 0.0946. The zero-order valence-electron chi connectivity index (χ0n) is 10.2. The Bertz CT molecular complexity index is 530. The topological polar surface area (TPSA) is 110 Å². The lowest BCUT2D eigenvalue weighted by Gasteiger charge is -2.03. The fraction of sp³-hybridized carbons (Fsp3) is 0.364. The van der Waals surface area contributed by atoms with Gasteiger partial charge in [0, 0.05) is 6.07 Å². The summed E-state index contributed by atoms with van der Waals surface area (Å²) in [5, 5.41) is 13.1. The Kier molecular flexibility index (Phi) is 3.31. The molecule has 0 aliphatic heterocycles. The van der Waals surface area contributed by atoms with Gasteiger partial charge in [0.15, 0.2) is 5.69 Å². The van der Waals surface area contributed by atoms with Crippen molar-refractivity contribution in [2.75, 3.05) is 5.73 Å². The van der Waals surface area contributed by atoms with Gasteiger partial charge in [-0.05, 0) is 5.92 Å². The number of aromatic nitrogens is 3. The molecule has 0 saturated carbocycles. The van der Waals surface area contributed by atoms with E-state index in [0.29, 0.717) is 11.4 Å². The first-order valence-corrected chi connectivity index (χ1v) is 5.60. The summed E-state index contributed by atoms with van der Waals surface area (Å²) >= 11 is 0. The van der Waals surface area contributed by atoms with Gasteiger partial charge in [-0.2, -0.15) is 5.10 Å². The monoisotopic (exact) mass is 249 g/mol. The normalized spacial score (nSPS) is 10.8. The van der Waals surface area contributed by atoms with Gasteiger partial charge in [0.25, 0.3) is 5.91 Å². The molecule has 7 nitrogen and oxygen atoms in total. The van der Waals surface area contributed by atoms with E-state index in [-0.39, 0.29) is 24.1 Å². The Labute approximate surface area is 104 Å². The molecule has 0 saturated heterocycles. The SMILES string of the molecule is CC(C)c1[nH]nc(C(=O)NCc2ccon2)c1N. The zero-order valence-corrected chi connectivity index (χ0v) is 10.2. The van der Waals surface area contributed by atoms with Gasteiger partial charge in [-0.25, -0.2) is 0 Å². The minimum absolute atomic E-state index is 0.189. The van der Waals surface area contributed by atoms with Crippen LogP contribution in [0.25, 0.3) is 0 Å². The summed E-state index contributed by atoms with van der Waals surface area (Å²) in [6.07, 6.45) is 1.45. The number of H-pyrrole nitrogens is 1. The second-order valence-corrected chi connectivity index (χ2v) is 4.23. The maximum Gasteiger partial charge on any atom is 0.274 e. The number of hydrogen-bond acceptors (Lipinski definition) is 5. The lowest BCUT2D eigenvalue weighted by atomic mass is 10.1. The molecule has 96 valence electrons. The quantitative estimate of drug-likeness (QED) is 0.749. The highest BCUT2D eigenvalue weighted by Crippen LogP contribution is 2.21. The number of anilines is 1. The molecule has 0 radical (unpaired) electrons. The lowest BCUT2D eigenvalue weighted by Crippen LogP contribution is -2.24. The van der Waals surface area contributed by atoms with Gasteiger partial charge < -0.3 is 15.6 Å². The van der Waals surface area contributed by atoms with Crippen molar-refractivity contribution in [3.63, 3.8) is 0 Å². The second kappa shape index (κ2) is 4.91. The maximum absolute atomic E-state index is 11.9. The van der Waals surface area contributed by atoms with Gasteiger partial charge in [-0.1, -0.05) is 19.0 Å². The molecule has 0 unspecified atom stereocenters. The Balaban J connectivity index is 2.05. The zero-order chi connectivity index (χ0) is 13.1. The van der Waals surface area contributed by atoms with Crippen LogP contribution in [0.1, 0.15) is 41.6 Å². The highest BCUT2D eigenvalue weighted by molar-refractivity contribution is 5.97. The molecular formula is C11H15N5O2. The Morgan fingerprint density at radius 2 is 2.39 bits per heavy atom. The van der Waals surface area contributed by atoms with Gasteiger partial charge in [-0.3, -0.25) is 9.89 Å². The highest BCUT2D eigenvalue weighted by Gasteiger charge is 2.18. The van der Waals surface area contributed by atoms with Crippen LogP contribution in [0, 0.1) is 0 Å². The molecule has 7 heteroatoms. The van der Waals surface area contributed by atoms with Gasteiger partial charge >= 0.3 is 0 Å². The number of aromatic amines is 1. The Morgan fingerprint density at radius 3 is 2.94 bits per heavy atom. The van der Waals surface area contributed by atoms with Crippen molar-refractivity contribution in [2.45, 2.75) is 26.3 Å². The van der Waals surface area contributed by atoms with E-state index in [1.807, 2.05) is 13.8 Å². The van der Waals surface area contributed by atoms with Crippen molar-refractivity contribution >= 4 is 11.6 Å². The molecule has 2 heterocycles. The number of nitrogens with one attached hydrogen (secondary N) is 2. The molecule has 1 amide bonds. The third kappa shape index (κ3) is 2.34. The minimum Gasteiger partial charge on any atom is -0.395 e. The summed E-state index contributed by atoms with van der Waals surface area (Å²) in [7, 11) is 0. The molecule has 18 heavy (non-hydrogen) atoms. The van der Waals surface area contributed by atoms with Crippen LogP contribution in [0.5, 0.6) is 0 Å². The molecule has 2 aromatic rings. The van der Waals surface area contributed by atoms with Crippen LogP contribution < -0.4 is 11.1 Å². The van der Waals surface area contributed by atoms with E-state index in [9.17, 15) is 4.79 Å². The van der Waals surface area contributed by atoms with Gasteiger partial charge in [0.05, 0.1) is 17.9 Å². The largest absolute Gasteiger partial charge is 0.395 e. The van der Waals surface area contributed by atoms with Crippen LogP contribution in [-0.4, -0.2) is 21.3 Å². The highest BCUT2D eigenvalue weighted by atomic mass is 16.5. The van der Waals surface area contributed by atoms with Gasteiger partial charge in [0.2, 0.25) is 0 Å². The van der Waals surface area contributed by atoms with Crippen LogP contribution in [0.4, 0.5) is 5.69 Å². The minimum atomic E-state index is -0.335. The molecule has 0 aliphatic rings. The molecule has 0 aliphatic carbocycles. The van der Waals surface area contributed by atoms with Crippen LogP contribution in [0.15, 0.2) is 16.9 Å². The summed E-state index contributed by atoms with van der Waals surface area (Å²) in [6, 6.07) is 1.67. The predicted octanol–water partition coefficient (Wildman–Crippen LogP) is 1.03. The molecular weight excluding hydrogens is 234 g/mol. The van der Waals surface area contributed by atoms with E-state index in [4.69, 9.17) is 5.73 Å². The fourth-order valence-electron chi connectivity index (χ4n) is 1.56. The van der Waals surface area contributed by atoms with Crippen LogP contribution >= 0.6 is 0 Å². The van der Waals surface area contributed by atoms with E-state index < -0.39 is 0 Å². The number of nitrogen functional groups attached to an aromatic ring is 1. The van der Waals surface area contributed by atoms with E-state index >= 15 is 0 Å². The van der Waals surface area contributed by atoms with E-state index in [2.05, 4.69) is 25.2 Å². The third-order valence-electron chi connectivity index (χ3n) is 2.55. The first kappa shape index (κ1) is 12.2. The summed E-state index contributed by atoms with van der Waals surface area (Å²) in [4.78, 5) is 11.9. The number of amides is 1. The van der Waals surface area contributed by atoms with Crippen LogP contribution in [0.2, 0.25) is 0 Å². The number of nitrogens with two attached hydrogens (primary N) is 1. The van der Waals surface area contributed by atoms with E-state index in [1.165, 1.54) is 6.26 Å². The summed E-state index contributed by atoms with van der Waals surface area (Å²) in [6.45, 7) is 4.22. The van der Waals surface area contributed by atoms with Crippen LogP contribution in [0.3, 0.4) is 0 Å². The van der Waals surface area contributed by atoms with Crippen molar-refractivity contribution in [3.8, 4) is 0 Å². The predicted molar refractivity (Wildman–Crippen MR) is 64.8 cm³/mol. The molecule has 0 atom stereocenters. The number of rotatable bonds is 4. The smallest absolute Gasteiger partial charge is 0.274 e. The Morgan fingerprint density at radius 1 is 1.61 bits per heavy atom. The number of carbonyl (C=O) groups excluding carboxylic acids is 1. The molecule has 4 N–H and O–H groups in total. The molecule has 0 fully saturated rings.